The summed E-state index contributed by atoms with van der Waals surface area (Å²) in [4.78, 5) is 14.7. The zero-order chi connectivity index (χ0) is 16.9. The van der Waals surface area contributed by atoms with E-state index in [4.69, 9.17) is 0 Å². The lowest BCUT2D eigenvalue weighted by Gasteiger charge is -2.34. The van der Waals surface area contributed by atoms with Crippen LogP contribution in [0.2, 0.25) is 0 Å². The van der Waals surface area contributed by atoms with Crippen molar-refractivity contribution in [3.05, 3.63) is 41.0 Å². The van der Waals surface area contributed by atoms with E-state index in [0.717, 1.165) is 51.9 Å². The van der Waals surface area contributed by atoms with Crippen molar-refractivity contribution in [2.45, 2.75) is 39.5 Å². The molecule has 3 rings (SSSR count). The van der Waals surface area contributed by atoms with Crippen molar-refractivity contribution in [3.63, 3.8) is 0 Å². The molecular weight excluding hydrogens is 296 g/mol. The molecule has 1 aromatic rings. The van der Waals surface area contributed by atoms with Gasteiger partial charge in [0.05, 0.1) is 5.92 Å². The molecule has 3 heteroatoms. The number of hydrogen-bond acceptors (Lipinski definition) is 2. The van der Waals surface area contributed by atoms with Crippen molar-refractivity contribution < 1.29 is 4.79 Å². The highest BCUT2D eigenvalue weighted by Crippen LogP contribution is 2.24. The van der Waals surface area contributed by atoms with Crippen molar-refractivity contribution in [1.29, 1.82) is 0 Å². The summed E-state index contributed by atoms with van der Waals surface area (Å²) in [7, 11) is 0. The summed E-state index contributed by atoms with van der Waals surface area (Å²) in [5.74, 6) is 1.18. The molecule has 0 saturated carbocycles. The molecule has 1 amide bonds. The molecule has 1 atom stereocenters. The summed E-state index contributed by atoms with van der Waals surface area (Å²) in [5, 5.41) is 3.35. The Hall–Kier alpha value is -1.61. The van der Waals surface area contributed by atoms with Crippen LogP contribution in [-0.2, 0) is 4.79 Å². The second kappa shape index (κ2) is 7.98. The summed E-state index contributed by atoms with van der Waals surface area (Å²) in [6.45, 7) is 8.10. The molecule has 24 heavy (non-hydrogen) atoms. The summed E-state index contributed by atoms with van der Waals surface area (Å²) >= 11 is 0. The van der Waals surface area contributed by atoms with Gasteiger partial charge in [-0.1, -0.05) is 30.4 Å². The predicted molar refractivity (Wildman–Crippen MR) is 99.8 cm³/mol. The van der Waals surface area contributed by atoms with Crippen LogP contribution >= 0.6 is 0 Å². The lowest BCUT2D eigenvalue weighted by molar-refractivity contribution is -0.137. The monoisotopic (exact) mass is 326 g/mol. The van der Waals surface area contributed by atoms with Crippen LogP contribution in [0, 0.1) is 25.7 Å². The second-order valence-corrected chi connectivity index (χ2v) is 7.37. The van der Waals surface area contributed by atoms with Crippen LogP contribution in [-0.4, -0.2) is 37.0 Å². The van der Waals surface area contributed by atoms with Gasteiger partial charge >= 0.3 is 0 Å². The minimum absolute atomic E-state index is 0.209. The van der Waals surface area contributed by atoms with Crippen LogP contribution in [0.15, 0.2) is 24.3 Å². The zero-order valence-electron chi connectivity index (χ0n) is 15.1. The fraction of sp³-hybridized carbons (Fsp3) is 0.571. The number of rotatable bonds is 3. The smallest absolute Gasteiger partial charge is 0.226 e. The summed E-state index contributed by atoms with van der Waals surface area (Å²) < 4.78 is 0. The van der Waals surface area contributed by atoms with E-state index < -0.39 is 0 Å². The van der Waals surface area contributed by atoms with E-state index in [2.05, 4.69) is 54.4 Å². The minimum atomic E-state index is 0.209. The van der Waals surface area contributed by atoms with Crippen molar-refractivity contribution in [2.75, 3.05) is 26.2 Å². The molecule has 2 fully saturated rings. The van der Waals surface area contributed by atoms with E-state index in [1.165, 1.54) is 16.7 Å². The van der Waals surface area contributed by atoms with Crippen LogP contribution < -0.4 is 5.32 Å². The average molecular weight is 326 g/mol. The van der Waals surface area contributed by atoms with Crippen LogP contribution in [0.1, 0.15) is 42.4 Å². The van der Waals surface area contributed by atoms with E-state index in [1.807, 2.05) is 0 Å². The summed E-state index contributed by atoms with van der Waals surface area (Å²) in [6.07, 6.45) is 9.02. The van der Waals surface area contributed by atoms with Crippen molar-refractivity contribution in [3.8, 4) is 0 Å². The standard InChI is InChI=1S/C21H30N2O/c1-16-5-3-6-17(2)20(16)9-8-18-10-13-23(14-11-18)21(24)19-7-4-12-22-15-19/h3,5-6,8-9,18-19,22H,4,7,10-15H2,1-2H3. The number of allylic oxidation sites excluding steroid dienone is 1. The lowest BCUT2D eigenvalue weighted by atomic mass is 9.92. The number of carbonyl (C=O) groups is 1. The maximum atomic E-state index is 12.6. The molecular formula is C21H30N2O. The Morgan fingerprint density at radius 3 is 2.50 bits per heavy atom. The van der Waals surface area contributed by atoms with Crippen LogP contribution in [0.3, 0.4) is 0 Å². The third kappa shape index (κ3) is 4.07. The van der Waals surface area contributed by atoms with E-state index in [1.54, 1.807) is 0 Å². The Morgan fingerprint density at radius 1 is 1.17 bits per heavy atom. The highest BCUT2D eigenvalue weighted by Gasteiger charge is 2.28. The molecule has 0 aliphatic carbocycles. The maximum absolute atomic E-state index is 12.6. The summed E-state index contributed by atoms with van der Waals surface area (Å²) in [6, 6.07) is 6.46. The molecule has 0 aromatic heterocycles. The molecule has 1 aromatic carbocycles. The van der Waals surface area contributed by atoms with E-state index in [0.29, 0.717) is 11.8 Å². The molecule has 3 nitrogen and oxygen atoms in total. The van der Waals surface area contributed by atoms with Gasteiger partial charge in [-0.15, -0.1) is 0 Å². The zero-order valence-corrected chi connectivity index (χ0v) is 15.1. The molecule has 0 radical (unpaired) electrons. The maximum Gasteiger partial charge on any atom is 0.226 e. The number of aryl methyl sites for hydroxylation is 2. The number of carbonyl (C=O) groups excluding carboxylic acids is 1. The molecule has 2 saturated heterocycles. The fourth-order valence-electron chi connectivity index (χ4n) is 3.96. The highest BCUT2D eigenvalue weighted by molar-refractivity contribution is 5.79. The Balaban J connectivity index is 1.53. The Kier molecular flexibility index (Phi) is 5.72. The van der Waals surface area contributed by atoms with E-state index in [9.17, 15) is 4.79 Å². The van der Waals surface area contributed by atoms with Crippen molar-refractivity contribution in [2.24, 2.45) is 11.8 Å². The largest absolute Gasteiger partial charge is 0.342 e. The van der Waals surface area contributed by atoms with Crippen LogP contribution in [0.5, 0.6) is 0 Å². The van der Waals surface area contributed by atoms with Gasteiger partial charge in [-0.2, -0.15) is 0 Å². The van der Waals surface area contributed by atoms with Crippen LogP contribution in [0.4, 0.5) is 0 Å². The van der Waals surface area contributed by atoms with E-state index in [-0.39, 0.29) is 5.92 Å². The Bertz CT molecular complexity index is 574. The molecule has 2 aliphatic rings. The average Bonchev–Trinajstić information content (AvgIpc) is 2.62. The summed E-state index contributed by atoms with van der Waals surface area (Å²) in [5.41, 5.74) is 4.02. The first-order chi connectivity index (χ1) is 11.6. The number of likely N-dealkylation sites (tertiary alicyclic amines) is 1. The third-order valence-electron chi connectivity index (χ3n) is 5.57. The Morgan fingerprint density at radius 2 is 1.88 bits per heavy atom. The number of nitrogens with zero attached hydrogens (tertiary/aromatic N) is 1. The Labute approximate surface area is 146 Å². The number of benzene rings is 1. The van der Waals surface area contributed by atoms with Gasteiger partial charge in [0, 0.05) is 19.6 Å². The SMILES string of the molecule is Cc1cccc(C)c1C=CC1CCN(C(=O)C2CCCNC2)CC1. The molecule has 0 spiro atoms. The van der Waals surface area contributed by atoms with Crippen LogP contribution in [0.25, 0.3) is 6.08 Å². The lowest BCUT2D eigenvalue weighted by Crippen LogP contribution is -2.45. The fourth-order valence-corrected chi connectivity index (χ4v) is 3.96. The first kappa shape index (κ1) is 17.2. The van der Waals surface area contributed by atoms with Gasteiger partial charge in [0.2, 0.25) is 5.91 Å². The number of nitrogens with one attached hydrogen (secondary N) is 1. The predicted octanol–water partition coefficient (Wildman–Crippen LogP) is 3.55. The van der Waals surface area contributed by atoms with Gasteiger partial charge in [0.1, 0.15) is 0 Å². The van der Waals surface area contributed by atoms with Gasteiger partial charge in [-0.25, -0.2) is 0 Å². The van der Waals surface area contributed by atoms with Gasteiger partial charge in [-0.3, -0.25) is 4.79 Å². The molecule has 1 N–H and O–H groups in total. The molecule has 130 valence electrons. The third-order valence-corrected chi connectivity index (χ3v) is 5.57. The van der Waals surface area contributed by atoms with Gasteiger partial charge in [0.15, 0.2) is 0 Å². The van der Waals surface area contributed by atoms with Gasteiger partial charge in [0.25, 0.3) is 0 Å². The van der Waals surface area contributed by atoms with Crippen molar-refractivity contribution in [1.82, 2.24) is 10.2 Å². The topological polar surface area (TPSA) is 32.3 Å². The first-order valence-electron chi connectivity index (χ1n) is 9.39. The van der Waals surface area contributed by atoms with Crippen molar-refractivity contribution >= 4 is 12.0 Å². The number of piperidine rings is 2. The minimum Gasteiger partial charge on any atom is -0.342 e. The second-order valence-electron chi connectivity index (χ2n) is 7.37. The van der Waals surface area contributed by atoms with Gasteiger partial charge in [-0.05, 0) is 68.7 Å². The molecule has 0 bridgehead atoms. The molecule has 2 aliphatic heterocycles. The number of hydrogen-bond donors (Lipinski definition) is 1. The normalized spacial score (nSPS) is 22.9. The first-order valence-corrected chi connectivity index (χ1v) is 9.39. The number of amides is 1. The van der Waals surface area contributed by atoms with E-state index >= 15 is 0 Å². The van der Waals surface area contributed by atoms with Gasteiger partial charge < -0.3 is 10.2 Å². The molecule has 2 heterocycles. The molecule has 1 unspecified atom stereocenters. The highest BCUT2D eigenvalue weighted by atomic mass is 16.2. The quantitative estimate of drug-likeness (QED) is 0.921.